The molecule has 0 radical (unpaired) electrons. The Labute approximate surface area is 128 Å². The molecule has 0 amide bonds. The van der Waals surface area contributed by atoms with Gasteiger partial charge in [-0.15, -0.1) is 0 Å². The van der Waals surface area contributed by atoms with E-state index in [1.54, 1.807) is 12.1 Å². The first-order valence-corrected chi connectivity index (χ1v) is 7.35. The van der Waals surface area contributed by atoms with Gasteiger partial charge in [0.15, 0.2) is 5.78 Å². The zero-order chi connectivity index (χ0) is 15.3. The molecule has 1 aromatic heterocycles. The lowest BCUT2D eigenvalue weighted by Crippen LogP contribution is -2.04. The summed E-state index contributed by atoms with van der Waals surface area (Å²) >= 11 is 0. The topological polar surface area (TPSA) is 54.3 Å². The Hall–Kier alpha value is -2.75. The number of aromatic hydroxyl groups is 1. The minimum absolute atomic E-state index is 0.0150. The number of nitrogens with zero attached hydrogens (tertiary/aromatic N) is 1. The molecule has 4 heteroatoms. The van der Waals surface area contributed by atoms with E-state index >= 15 is 0 Å². The van der Waals surface area contributed by atoms with Crippen LogP contribution >= 0.6 is 0 Å². The number of carbonyl (C=O) groups excluding carboxylic acids is 1. The smallest absolute Gasteiger partial charge is 0.197 e. The molecule has 0 aliphatic carbocycles. The Kier molecular flexibility index (Phi) is 2.73. The van der Waals surface area contributed by atoms with E-state index in [-0.39, 0.29) is 11.5 Å². The number of ketones is 1. The van der Waals surface area contributed by atoms with Crippen molar-refractivity contribution in [2.45, 2.75) is 13.5 Å². The number of nitrogens with one attached hydrogen (secondary N) is 1. The summed E-state index contributed by atoms with van der Waals surface area (Å²) in [6, 6.07) is 12.8. The maximum absolute atomic E-state index is 13.0. The third kappa shape index (κ3) is 1.80. The molecule has 4 rings (SSSR count). The highest BCUT2D eigenvalue weighted by molar-refractivity contribution is 6.20. The van der Waals surface area contributed by atoms with Crippen molar-refractivity contribution in [1.82, 2.24) is 4.57 Å². The number of benzene rings is 2. The molecule has 0 bridgehead atoms. The molecule has 0 unspecified atom stereocenters. The van der Waals surface area contributed by atoms with Gasteiger partial charge in [0, 0.05) is 24.0 Å². The highest BCUT2D eigenvalue weighted by Gasteiger charge is 2.26. The maximum atomic E-state index is 13.0. The van der Waals surface area contributed by atoms with Crippen LogP contribution in [0, 0.1) is 6.92 Å². The summed E-state index contributed by atoms with van der Waals surface area (Å²) in [6.45, 7) is 3.65. The van der Waals surface area contributed by atoms with Crippen molar-refractivity contribution in [3.05, 3.63) is 59.2 Å². The molecular formula is C18H16N2O2. The molecule has 3 aromatic rings. The van der Waals surface area contributed by atoms with Crippen LogP contribution in [0.5, 0.6) is 5.75 Å². The lowest BCUT2D eigenvalue weighted by atomic mass is 10.0. The van der Waals surface area contributed by atoms with Crippen LogP contribution in [0.1, 0.15) is 21.5 Å². The molecule has 0 saturated carbocycles. The van der Waals surface area contributed by atoms with Crippen molar-refractivity contribution in [2.75, 3.05) is 11.9 Å². The standard InChI is InChI=1S/C18H16N2O2/c1-11-2-4-12(5-3-11)17(22)16-14-10-13(21)6-7-15(14)20-9-8-19-18(16)20/h2-7,10,19,21H,8-9H2,1H3. The molecule has 0 spiro atoms. The average molecular weight is 292 g/mol. The normalized spacial score (nSPS) is 13.1. The number of carbonyl (C=O) groups is 1. The predicted octanol–water partition coefficient (Wildman–Crippen LogP) is 3.31. The number of aromatic nitrogens is 1. The van der Waals surface area contributed by atoms with Crippen LogP contribution in [0.2, 0.25) is 0 Å². The molecule has 22 heavy (non-hydrogen) atoms. The first-order chi connectivity index (χ1) is 10.6. The number of phenols is 1. The van der Waals surface area contributed by atoms with Crippen molar-refractivity contribution < 1.29 is 9.90 Å². The van der Waals surface area contributed by atoms with E-state index in [0.717, 1.165) is 35.4 Å². The van der Waals surface area contributed by atoms with E-state index in [2.05, 4.69) is 9.88 Å². The number of phenolic OH excluding ortho intramolecular Hbond substituents is 1. The first kappa shape index (κ1) is 13.0. The Morgan fingerprint density at radius 1 is 1.18 bits per heavy atom. The molecule has 1 aliphatic heterocycles. The summed E-state index contributed by atoms with van der Waals surface area (Å²) in [6.07, 6.45) is 0. The average Bonchev–Trinajstić information content (AvgIpc) is 3.07. The van der Waals surface area contributed by atoms with Crippen LogP contribution in [-0.4, -0.2) is 22.0 Å². The molecule has 1 aliphatic rings. The van der Waals surface area contributed by atoms with Crippen LogP contribution < -0.4 is 5.32 Å². The largest absolute Gasteiger partial charge is 0.508 e. The third-order valence-electron chi connectivity index (χ3n) is 4.22. The van der Waals surface area contributed by atoms with E-state index in [1.165, 1.54) is 0 Å². The van der Waals surface area contributed by atoms with Crippen molar-refractivity contribution in [3.63, 3.8) is 0 Å². The van der Waals surface area contributed by atoms with Gasteiger partial charge in [0.25, 0.3) is 0 Å². The monoisotopic (exact) mass is 292 g/mol. The lowest BCUT2D eigenvalue weighted by Gasteiger charge is -2.04. The summed E-state index contributed by atoms with van der Waals surface area (Å²) in [5.41, 5.74) is 3.41. The minimum Gasteiger partial charge on any atom is -0.508 e. The van der Waals surface area contributed by atoms with Gasteiger partial charge in [0.2, 0.25) is 0 Å². The number of fused-ring (bicyclic) bond motifs is 3. The Morgan fingerprint density at radius 3 is 2.73 bits per heavy atom. The van der Waals surface area contributed by atoms with Crippen LogP contribution in [0.25, 0.3) is 10.9 Å². The molecular weight excluding hydrogens is 276 g/mol. The molecule has 4 nitrogen and oxygen atoms in total. The van der Waals surface area contributed by atoms with E-state index in [4.69, 9.17) is 0 Å². The highest BCUT2D eigenvalue weighted by Crippen LogP contribution is 2.36. The third-order valence-corrected chi connectivity index (χ3v) is 4.22. The van der Waals surface area contributed by atoms with Crippen LogP contribution in [0.4, 0.5) is 5.82 Å². The highest BCUT2D eigenvalue weighted by atomic mass is 16.3. The number of rotatable bonds is 2. The van der Waals surface area contributed by atoms with Crippen LogP contribution in [0.3, 0.4) is 0 Å². The maximum Gasteiger partial charge on any atom is 0.197 e. The van der Waals surface area contributed by atoms with Gasteiger partial charge >= 0.3 is 0 Å². The number of hydrogen-bond donors (Lipinski definition) is 2. The SMILES string of the molecule is Cc1ccc(C(=O)c2c3n(c4ccc(O)cc24)CCN3)cc1. The molecule has 2 N–H and O–H groups in total. The van der Waals surface area contributed by atoms with Crippen molar-refractivity contribution >= 4 is 22.5 Å². The van der Waals surface area contributed by atoms with Gasteiger partial charge in [-0.25, -0.2) is 0 Å². The van der Waals surface area contributed by atoms with Gasteiger partial charge < -0.3 is 15.0 Å². The predicted molar refractivity (Wildman–Crippen MR) is 86.7 cm³/mol. The molecule has 0 atom stereocenters. The van der Waals surface area contributed by atoms with Gasteiger partial charge in [0.05, 0.1) is 11.1 Å². The van der Waals surface area contributed by atoms with Crippen molar-refractivity contribution in [1.29, 1.82) is 0 Å². The molecule has 2 heterocycles. The number of hydrogen-bond acceptors (Lipinski definition) is 3. The molecule has 2 aromatic carbocycles. The Bertz CT molecular complexity index is 892. The van der Waals surface area contributed by atoms with Gasteiger partial charge in [-0.05, 0) is 25.1 Å². The second-order valence-electron chi connectivity index (χ2n) is 5.70. The molecule has 0 saturated heterocycles. The summed E-state index contributed by atoms with van der Waals surface area (Å²) in [7, 11) is 0. The molecule has 0 fully saturated rings. The van der Waals surface area contributed by atoms with Gasteiger partial charge in [-0.1, -0.05) is 29.8 Å². The van der Waals surface area contributed by atoms with E-state index in [0.29, 0.717) is 11.1 Å². The van der Waals surface area contributed by atoms with Crippen molar-refractivity contribution in [3.8, 4) is 5.75 Å². The van der Waals surface area contributed by atoms with E-state index in [1.807, 2.05) is 37.3 Å². The summed E-state index contributed by atoms with van der Waals surface area (Å²) < 4.78 is 2.11. The molecule has 110 valence electrons. The summed E-state index contributed by atoms with van der Waals surface area (Å²) in [5.74, 6) is 1.01. The minimum atomic E-state index is -0.0150. The van der Waals surface area contributed by atoms with Crippen LogP contribution in [0.15, 0.2) is 42.5 Å². The fourth-order valence-electron chi connectivity index (χ4n) is 3.12. The van der Waals surface area contributed by atoms with E-state index < -0.39 is 0 Å². The zero-order valence-electron chi connectivity index (χ0n) is 12.3. The van der Waals surface area contributed by atoms with Crippen molar-refractivity contribution in [2.24, 2.45) is 0 Å². The van der Waals surface area contributed by atoms with Gasteiger partial charge in [-0.3, -0.25) is 4.79 Å². The van der Waals surface area contributed by atoms with Gasteiger partial charge in [-0.2, -0.15) is 0 Å². The fraction of sp³-hybridized carbons (Fsp3) is 0.167. The second-order valence-corrected chi connectivity index (χ2v) is 5.70. The lowest BCUT2D eigenvalue weighted by molar-refractivity contribution is 0.104. The summed E-state index contributed by atoms with van der Waals surface area (Å²) in [5, 5.41) is 13.9. The Balaban J connectivity index is 1.96. The quantitative estimate of drug-likeness (QED) is 0.712. The number of anilines is 1. The van der Waals surface area contributed by atoms with Crippen LogP contribution in [-0.2, 0) is 6.54 Å². The van der Waals surface area contributed by atoms with E-state index in [9.17, 15) is 9.90 Å². The Morgan fingerprint density at radius 2 is 1.95 bits per heavy atom. The second kappa shape index (κ2) is 4.63. The number of aryl methyl sites for hydroxylation is 1. The zero-order valence-corrected chi connectivity index (χ0v) is 12.3. The first-order valence-electron chi connectivity index (χ1n) is 7.35. The van der Waals surface area contributed by atoms with Gasteiger partial charge in [0.1, 0.15) is 11.6 Å². The fourth-order valence-corrected chi connectivity index (χ4v) is 3.12. The summed E-state index contributed by atoms with van der Waals surface area (Å²) in [4.78, 5) is 13.0.